The second-order valence-corrected chi connectivity index (χ2v) is 4.67. The van der Waals surface area contributed by atoms with Crippen LogP contribution in [0.15, 0.2) is 78.4 Å². The minimum absolute atomic E-state index is 0.464. The van der Waals surface area contributed by atoms with Gasteiger partial charge in [0.05, 0.1) is 5.57 Å². The fourth-order valence-corrected chi connectivity index (χ4v) is 2.21. The molecule has 0 amide bonds. The molecule has 20 heavy (non-hydrogen) atoms. The Hall–Kier alpha value is -2.24. The second kappa shape index (κ2) is 6.79. The van der Waals surface area contributed by atoms with Crippen molar-refractivity contribution in [2.24, 2.45) is 0 Å². The zero-order valence-electron chi connectivity index (χ0n) is 11.1. The van der Waals surface area contributed by atoms with Crippen molar-refractivity contribution < 1.29 is 0 Å². The Bertz CT molecular complexity index is 622. The van der Waals surface area contributed by atoms with Crippen molar-refractivity contribution in [1.82, 2.24) is 0 Å². The molecule has 0 heterocycles. The van der Waals surface area contributed by atoms with Crippen LogP contribution in [0.3, 0.4) is 0 Å². The van der Waals surface area contributed by atoms with E-state index in [1.807, 2.05) is 60.7 Å². The molecule has 0 spiro atoms. The smallest absolute Gasteiger partial charge is 0.100 e. The second-order valence-electron chi connectivity index (χ2n) is 4.36. The van der Waals surface area contributed by atoms with E-state index < -0.39 is 0 Å². The van der Waals surface area contributed by atoms with Crippen LogP contribution in [0, 0.1) is 11.3 Å². The van der Waals surface area contributed by atoms with Crippen LogP contribution in [0.2, 0.25) is 0 Å². The van der Waals surface area contributed by atoms with Gasteiger partial charge in [0.25, 0.3) is 0 Å². The molecule has 0 radical (unpaired) electrons. The van der Waals surface area contributed by atoms with Gasteiger partial charge in [-0.15, -0.1) is 0 Å². The average Bonchev–Trinajstić information content (AvgIpc) is 2.53. The lowest BCUT2D eigenvalue weighted by atomic mass is 9.91. The summed E-state index contributed by atoms with van der Waals surface area (Å²) in [6.07, 6.45) is 0. The molecule has 0 fully saturated rings. The highest BCUT2D eigenvalue weighted by Crippen LogP contribution is 2.29. The van der Waals surface area contributed by atoms with Crippen molar-refractivity contribution in [2.45, 2.75) is 0 Å². The molecule has 2 aromatic carbocycles. The highest BCUT2D eigenvalue weighted by atomic mass is 32.1. The molecule has 0 saturated heterocycles. The van der Waals surface area contributed by atoms with Crippen molar-refractivity contribution in [3.63, 3.8) is 0 Å². The van der Waals surface area contributed by atoms with Crippen molar-refractivity contribution in [1.29, 1.82) is 5.26 Å². The van der Waals surface area contributed by atoms with E-state index in [0.717, 1.165) is 22.3 Å². The maximum absolute atomic E-state index is 9.52. The van der Waals surface area contributed by atoms with Gasteiger partial charge >= 0.3 is 0 Å². The number of benzene rings is 2. The van der Waals surface area contributed by atoms with Crippen LogP contribution in [0.25, 0.3) is 5.57 Å². The molecule has 0 aliphatic heterocycles. The molecule has 0 aromatic heterocycles. The number of nitrogens with zero attached hydrogens (tertiary/aromatic N) is 1. The number of nitriles is 1. The SMILES string of the molecule is C=C(CS)C(C#N)=C(c1ccccc1)c1ccccc1. The van der Waals surface area contributed by atoms with E-state index in [1.54, 1.807) is 0 Å². The Balaban J connectivity index is 2.71. The molecule has 0 saturated carbocycles. The third kappa shape index (κ3) is 3.01. The van der Waals surface area contributed by atoms with Gasteiger partial charge in [0.15, 0.2) is 0 Å². The van der Waals surface area contributed by atoms with E-state index in [9.17, 15) is 5.26 Å². The maximum atomic E-state index is 9.52. The molecule has 2 heteroatoms. The van der Waals surface area contributed by atoms with Crippen LogP contribution in [0.5, 0.6) is 0 Å². The lowest BCUT2D eigenvalue weighted by molar-refractivity contribution is 1.41. The van der Waals surface area contributed by atoms with Gasteiger partial charge in [-0.2, -0.15) is 17.9 Å². The van der Waals surface area contributed by atoms with Crippen molar-refractivity contribution >= 4 is 18.2 Å². The van der Waals surface area contributed by atoms with Crippen LogP contribution in [-0.4, -0.2) is 5.75 Å². The first-order valence-electron chi connectivity index (χ1n) is 6.32. The Morgan fingerprint density at radius 3 is 1.75 bits per heavy atom. The summed E-state index contributed by atoms with van der Waals surface area (Å²) in [5.41, 5.74) is 4.26. The predicted molar refractivity (Wildman–Crippen MR) is 87.5 cm³/mol. The third-order valence-electron chi connectivity index (χ3n) is 3.03. The molecule has 0 aliphatic carbocycles. The largest absolute Gasteiger partial charge is 0.192 e. The summed E-state index contributed by atoms with van der Waals surface area (Å²) in [6, 6.07) is 22.1. The maximum Gasteiger partial charge on any atom is 0.100 e. The molecule has 0 unspecified atom stereocenters. The molecule has 98 valence electrons. The highest BCUT2D eigenvalue weighted by Gasteiger charge is 2.13. The summed E-state index contributed by atoms with van der Waals surface area (Å²) in [6.45, 7) is 3.96. The third-order valence-corrected chi connectivity index (χ3v) is 3.41. The van der Waals surface area contributed by atoms with Gasteiger partial charge < -0.3 is 0 Å². The van der Waals surface area contributed by atoms with Gasteiger partial charge in [-0.25, -0.2) is 0 Å². The topological polar surface area (TPSA) is 23.8 Å². The van der Waals surface area contributed by atoms with Crippen LogP contribution in [-0.2, 0) is 0 Å². The lowest BCUT2D eigenvalue weighted by Crippen LogP contribution is -1.97. The normalized spacial score (nSPS) is 9.60. The fraction of sp³-hybridized carbons (Fsp3) is 0.0556. The van der Waals surface area contributed by atoms with Crippen molar-refractivity contribution in [3.8, 4) is 6.07 Å². The zero-order chi connectivity index (χ0) is 14.4. The van der Waals surface area contributed by atoms with Gasteiger partial charge in [0, 0.05) is 11.3 Å². The fourth-order valence-electron chi connectivity index (χ4n) is 2.06. The van der Waals surface area contributed by atoms with Gasteiger partial charge in [-0.1, -0.05) is 67.2 Å². The van der Waals surface area contributed by atoms with E-state index in [0.29, 0.717) is 11.3 Å². The number of hydrogen-bond donors (Lipinski definition) is 1. The van der Waals surface area contributed by atoms with Gasteiger partial charge in [0.1, 0.15) is 6.07 Å². The lowest BCUT2D eigenvalue weighted by Gasteiger charge is -2.12. The van der Waals surface area contributed by atoms with Crippen molar-refractivity contribution in [2.75, 3.05) is 5.75 Å². The summed E-state index contributed by atoms with van der Waals surface area (Å²) in [5.74, 6) is 0.464. The summed E-state index contributed by atoms with van der Waals surface area (Å²) >= 11 is 4.24. The Kier molecular flexibility index (Phi) is 4.81. The number of allylic oxidation sites excluding steroid dienone is 1. The number of thiol groups is 1. The Morgan fingerprint density at radius 2 is 1.40 bits per heavy atom. The summed E-state index contributed by atoms with van der Waals surface area (Å²) in [4.78, 5) is 0. The summed E-state index contributed by atoms with van der Waals surface area (Å²) in [5, 5.41) is 9.52. The zero-order valence-corrected chi connectivity index (χ0v) is 12.0. The molecule has 2 rings (SSSR count). The standard InChI is InChI=1S/C18H15NS/c1-14(13-20)17(12-19)18(15-8-4-2-5-9-15)16-10-6-3-7-11-16/h2-11,20H,1,13H2. The van der Waals surface area contributed by atoms with E-state index in [-0.39, 0.29) is 0 Å². The van der Waals surface area contributed by atoms with E-state index in [1.165, 1.54) is 0 Å². The summed E-state index contributed by atoms with van der Waals surface area (Å²) < 4.78 is 0. The molecular formula is C18H15NS. The Morgan fingerprint density at radius 1 is 0.950 bits per heavy atom. The Labute approximate surface area is 125 Å². The molecular weight excluding hydrogens is 262 g/mol. The first kappa shape index (κ1) is 14.2. The molecule has 2 aromatic rings. The van der Waals surface area contributed by atoms with Crippen molar-refractivity contribution in [3.05, 3.63) is 89.5 Å². The molecule has 0 bridgehead atoms. The minimum atomic E-state index is 0.464. The number of hydrogen-bond acceptors (Lipinski definition) is 2. The number of rotatable bonds is 4. The quantitative estimate of drug-likeness (QED) is 0.496. The van der Waals surface area contributed by atoms with Gasteiger partial charge in [-0.05, 0) is 16.7 Å². The molecule has 0 atom stereocenters. The van der Waals surface area contributed by atoms with Gasteiger partial charge in [-0.3, -0.25) is 0 Å². The molecule has 0 N–H and O–H groups in total. The predicted octanol–water partition coefficient (Wildman–Crippen LogP) is 4.50. The van der Waals surface area contributed by atoms with Crippen LogP contribution in [0.4, 0.5) is 0 Å². The molecule has 0 aliphatic rings. The van der Waals surface area contributed by atoms with E-state index in [4.69, 9.17) is 0 Å². The molecule has 1 nitrogen and oxygen atoms in total. The summed E-state index contributed by atoms with van der Waals surface area (Å²) in [7, 11) is 0. The highest BCUT2D eigenvalue weighted by molar-refractivity contribution is 7.80. The van der Waals surface area contributed by atoms with E-state index in [2.05, 4.69) is 25.3 Å². The van der Waals surface area contributed by atoms with Crippen LogP contribution in [0.1, 0.15) is 11.1 Å². The monoisotopic (exact) mass is 277 g/mol. The van der Waals surface area contributed by atoms with Crippen LogP contribution >= 0.6 is 12.6 Å². The first-order valence-corrected chi connectivity index (χ1v) is 6.95. The average molecular weight is 277 g/mol. The first-order chi connectivity index (χ1) is 9.77. The minimum Gasteiger partial charge on any atom is -0.192 e. The van der Waals surface area contributed by atoms with E-state index >= 15 is 0 Å². The van der Waals surface area contributed by atoms with Crippen LogP contribution < -0.4 is 0 Å². The van der Waals surface area contributed by atoms with Gasteiger partial charge in [0.2, 0.25) is 0 Å².